The molecule has 0 bridgehead atoms. The molecule has 8 aromatic carbocycles. The zero-order valence-corrected chi connectivity index (χ0v) is 29.6. The Morgan fingerprint density at radius 1 is 0.396 bits per heavy atom. The van der Waals surface area contributed by atoms with Crippen LogP contribution in [0, 0.1) is 0 Å². The number of nitrogens with zero attached hydrogens (tertiary/aromatic N) is 1. The number of rotatable bonds is 5. The van der Waals surface area contributed by atoms with Crippen molar-refractivity contribution in [1.82, 2.24) is 0 Å². The van der Waals surface area contributed by atoms with E-state index in [2.05, 4.69) is 157 Å². The molecular weight excluding hydrogens is 667 g/mol. The van der Waals surface area contributed by atoms with Gasteiger partial charge in [0.1, 0.15) is 11.2 Å². The predicted molar refractivity (Wildman–Crippen MR) is 218 cm³/mol. The molecule has 0 saturated carbocycles. The Balaban J connectivity index is 1.17. The molecule has 4 nitrogen and oxygen atoms in total. The smallest absolute Gasteiger partial charge is 0.181 e. The number of hydrogen-bond acceptors (Lipinski definition) is 4. The van der Waals surface area contributed by atoms with Crippen molar-refractivity contribution >= 4 is 67.8 Å². The largest absolute Gasteiger partial charge is 0.456 e. The zero-order valence-electron chi connectivity index (χ0n) is 28.6. The second kappa shape index (κ2) is 11.6. The fourth-order valence-electron chi connectivity index (χ4n) is 8.56. The lowest BCUT2D eigenvalue weighted by molar-refractivity contribution is 0.361. The standard InChI is InChI=1S/C48H31NO3Si/c1-3-13-32(14-4-1)49(33-15-5-2-6-16-33)34-23-25-35(26-24-34)53(36-27-28-38-37-17-7-9-19-40(37)50-44(38)31-36)45-22-12-8-18-39(45)47-46(53)30-29-43-48(47)52-42-21-11-10-20-41(42)51-43/h1-31H. The molecule has 0 N–H and O–H groups in total. The quantitative estimate of drug-likeness (QED) is 0.168. The molecule has 0 saturated heterocycles. The molecule has 2 aliphatic heterocycles. The van der Waals surface area contributed by atoms with Gasteiger partial charge in [0.2, 0.25) is 0 Å². The maximum Gasteiger partial charge on any atom is 0.181 e. The average Bonchev–Trinajstić information content (AvgIpc) is 3.75. The van der Waals surface area contributed by atoms with Crippen molar-refractivity contribution in [1.29, 1.82) is 0 Å². The second-order valence-corrected chi connectivity index (χ2v) is 17.4. The van der Waals surface area contributed by atoms with Crippen LogP contribution in [0.2, 0.25) is 0 Å². The van der Waals surface area contributed by atoms with Crippen molar-refractivity contribution in [3.63, 3.8) is 0 Å². The molecule has 250 valence electrons. The maximum atomic E-state index is 6.77. The van der Waals surface area contributed by atoms with E-state index in [1.807, 2.05) is 36.4 Å². The van der Waals surface area contributed by atoms with Gasteiger partial charge in [0.25, 0.3) is 0 Å². The predicted octanol–water partition coefficient (Wildman–Crippen LogP) is 10.3. The molecule has 2 aliphatic rings. The van der Waals surface area contributed by atoms with Crippen LogP contribution in [0.4, 0.5) is 17.1 Å². The molecule has 0 spiro atoms. The van der Waals surface area contributed by atoms with Gasteiger partial charge in [0, 0.05) is 33.4 Å². The molecule has 0 amide bonds. The Labute approximate surface area is 307 Å². The highest BCUT2D eigenvalue weighted by molar-refractivity contribution is 7.22. The summed E-state index contributed by atoms with van der Waals surface area (Å²) in [5.74, 6) is 2.94. The highest BCUT2D eigenvalue weighted by Crippen LogP contribution is 2.50. The van der Waals surface area contributed by atoms with Gasteiger partial charge in [-0.2, -0.15) is 0 Å². The molecule has 0 radical (unpaired) electrons. The molecular formula is C48H31NO3Si. The first-order valence-corrected chi connectivity index (χ1v) is 19.9. The van der Waals surface area contributed by atoms with Crippen LogP contribution in [0.5, 0.6) is 23.0 Å². The number of furan rings is 1. The molecule has 53 heavy (non-hydrogen) atoms. The van der Waals surface area contributed by atoms with Crippen molar-refractivity contribution in [2.45, 2.75) is 0 Å². The van der Waals surface area contributed by atoms with Crippen molar-refractivity contribution in [3.05, 3.63) is 188 Å². The summed E-state index contributed by atoms with van der Waals surface area (Å²) in [4.78, 5) is 2.31. The minimum Gasteiger partial charge on any atom is -0.456 e. The number of ether oxygens (including phenoxy) is 2. The molecule has 9 aromatic rings. The number of hydrogen-bond donors (Lipinski definition) is 0. The Morgan fingerprint density at radius 3 is 1.77 bits per heavy atom. The summed E-state index contributed by atoms with van der Waals surface area (Å²) in [5.41, 5.74) is 7.37. The van der Waals surface area contributed by atoms with Crippen LogP contribution in [0.15, 0.2) is 192 Å². The lowest BCUT2D eigenvalue weighted by Crippen LogP contribution is -2.72. The molecule has 0 fully saturated rings. The number of anilines is 3. The summed E-state index contributed by atoms with van der Waals surface area (Å²) in [6, 6.07) is 66.7. The third kappa shape index (κ3) is 4.41. The Kier molecular flexibility index (Phi) is 6.54. The molecule has 1 aromatic heterocycles. The molecule has 1 atom stereocenters. The zero-order chi connectivity index (χ0) is 34.9. The van der Waals surface area contributed by atoms with Gasteiger partial charge < -0.3 is 18.8 Å². The molecule has 1 unspecified atom stereocenters. The van der Waals surface area contributed by atoms with E-state index < -0.39 is 8.07 Å². The summed E-state index contributed by atoms with van der Waals surface area (Å²) in [7, 11) is -2.97. The van der Waals surface area contributed by atoms with Crippen LogP contribution >= 0.6 is 0 Å². The van der Waals surface area contributed by atoms with Crippen molar-refractivity contribution in [2.75, 3.05) is 4.90 Å². The van der Waals surface area contributed by atoms with E-state index in [9.17, 15) is 0 Å². The summed E-state index contributed by atoms with van der Waals surface area (Å²) in [6.07, 6.45) is 0. The van der Waals surface area contributed by atoms with Crippen molar-refractivity contribution in [2.24, 2.45) is 0 Å². The van der Waals surface area contributed by atoms with E-state index in [-0.39, 0.29) is 0 Å². The lowest BCUT2D eigenvalue weighted by Gasteiger charge is -2.32. The van der Waals surface area contributed by atoms with Gasteiger partial charge in [-0.25, -0.2) is 0 Å². The first-order chi connectivity index (χ1) is 26.3. The van der Waals surface area contributed by atoms with E-state index >= 15 is 0 Å². The monoisotopic (exact) mass is 697 g/mol. The van der Waals surface area contributed by atoms with Crippen molar-refractivity contribution in [3.8, 4) is 34.1 Å². The first-order valence-electron chi connectivity index (χ1n) is 17.9. The van der Waals surface area contributed by atoms with Gasteiger partial charge in [0.05, 0.1) is 0 Å². The summed E-state index contributed by atoms with van der Waals surface area (Å²) < 4.78 is 19.8. The van der Waals surface area contributed by atoms with Gasteiger partial charge in [0.15, 0.2) is 31.1 Å². The van der Waals surface area contributed by atoms with E-state index in [0.717, 1.165) is 67.6 Å². The Hall–Kier alpha value is -6.82. The summed E-state index contributed by atoms with van der Waals surface area (Å²) in [5, 5.41) is 7.37. The molecule has 11 rings (SSSR count). The highest BCUT2D eigenvalue weighted by atomic mass is 28.3. The normalized spacial score (nSPS) is 15.2. The number of benzene rings is 8. The van der Waals surface area contributed by atoms with Gasteiger partial charge >= 0.3 is 0 Å². The minimum absolute atomic E-state index is 0.722. The second-order valence-electron chi connectivity index (χ2n) is 13.6. The molecule has 3 heterocycles. The molecule has 0 aliphatic carbocycles. The lowest BCUT2D eigenvalue weighted by atomic mass is 10.0. The summed E-state index contributed by atoms with van der Waals surface area (Å²) in [6.45, 7) is 0. The van der Waals surface area contributed by atoms with Gasteiger partial charge in [-0.15, -0.1) is 0 Å². The molecule has 5 heteroatoms. The average molecular weight is 698 g/mol. The fraction of sp³-hybridized carbons (Fsp3) is 0. The van der Waals surface area contributed by atoms with Crippen molar-refractivity contribution < 1.29 is 13.9 Å². The van der Waals surface area contributed by atoms with Crippen LogP contribution in [-0.4, -0.2) is 8.07 Å². The third-order valence-electron chi connectivity index (χ3n) is 10.8. The van der Waals surface area contributed by atoms with Crippen LogP contribution in [0.1, 0.15) is 0 Å². The van der Waals surface area contributed by atoms with Gasteiger partial charge in [-0.1, -0.05) is 121 Å². The van der Waals surface area contributed by atoms with Crippen LogP contribution in [-0.2, 0) is 0 Å². The maximum absolute atomic E-state index is 6.77. The van der Waals surface area contributed by atoms with E-state index in [1.54, 1.807) is 0 Å². The first kappa shape index (κ1) is 29.9. The SMILES string of the molecule is c1ccc(N(c2ccccc2)c2ccc([Si]3(c4ccc5c(c4)oc4ccccc45)c4ccccc4-c4c3ccc3c4Oc4ccccc4O3)cc2)cc1. The van der Waals surface area contributed by atoms with Gasteiger partial charge in [-0.05, 0) is 93.0 Å². The Bertz CT molecular complexity index is 2810. The van der Waals surface area contributed by atoms with Crippen LogP contribution in [0.3, 0.4) is 0 Å². The number of fused-ring (bicyclic) bond motifs is 9. The minimum atomic E-state index is -2.97. The van der Waals surface area contributed by atoms with Crippen LogP contribution < -0.4 is 35.1 Å². The van der Waals surface area contributed by atoms with E-state index in [0.29, 0.717) is 0 Å². The van der Waals surface area contributed by atoms with E-state index in [1.165, 1.54) is 26.3 Å². The highest BCUT2D eigenvalue weighted by Gasteiger charge is 2.51. The number of para-hydroxylation sites is 5. The van der Waals surface area contributed by atoms with Crippen LogP contribution in [0.25, 0.3) is 33.1 Å². The Morgan fingerprint density at radius 2 is 1.00 bits per heavy atom. The third-order valence-corrected chi connectivity index (χ3v) is 15.7. The van der Waals surface area contributed by atoms with Gasteiger partial charge in [-0.3, -0.25) is 0 Å². The summed E-state index contributed by atoms with van der Waals surface area (Å²) >= 11 is 0. The fourth-order valence-corrected chi connectivity index (χ4v) is 13.7. The topological polar surface area (TPSA) is 34.8 Å². The van der Waals surface area contributed by atoms with E-state index in [4.69, 9.17) is 13.9 Å².